The Hall–Kier alpha value is -2.71. The van der Waals surface area contributed by atoms with E-state index in [-0.39, 0.29) is 6.04 Å². The highest BCUT2D eigenvalue weighted by Gasteiger charge is 2.24. The second-order valence-electron chi connectivity index (χ2n) is 7.80. The van der Waals surface area contributed by atoms with E-state index in [2.05, 4.69) is 27.1 Å². The topological polar surface area (TPSA) is 102 Å². The van der Waals surface area contributed by atoms with Crippen molar-refractivity contribution in [2.45, 2.75) is 37.8 Å². The molecule has 3 heterocycles. The van der Waals surface area contributed by atoms with E-state index in [1.165, 1.54) is 4.80 Å². The molecule has 0 radical (unpaired) electrons. The summed E-state index contributed by atoms with van der Waals surface area (Å²) in [6.45, 7) is 0. The van der Waals surface area contributed by atoms with Crippen LogP contribution in [0.3, 0.4) is 0 Å². The maximum Gasteiger partial charge on any atom is 0.159 e. The molecule has 1 fully saturated rings. The Morgan fingerprint density at radius 2 is 2.07 bits per heavy atom. The molecule has 4 aromatic rings. The van der Waals surface area contributed by atoms with E-state index in [0.717, 1.165) is 59.3 Å². The quantitative estimate of drug-likeness (QED) is 0.537. The number of halogens is 1. The zero-order valence-corrected chi connectivity index (χ0v) is 17.2. The molecule has 1 aliphatic carbocycles. The van der Waals surface area contributed by atoms with Crippen molar-refractivity contribution in [1.82, 2.24) is 29.9 Å². The first-order chi connectivity index (χ1) is 14.0. The van der Waals surface area contributed by atoms with Gasteiger partial charge in [0.25, 0.3) is 0 Å². The summed E-state index contributed by atoms with van der Waals surface area (Å²) in [5.74, 6) is 0.848. The zero-order chi connectivity index (χ0) is 20.1. The van der Waals surface area contributed by atoms with Gasteiger partial charge in [0.15, 0.2) is 5.65 Å². The summed E-state index contributed by atoms with van der Waals surface area (Å²) in [5.41, 5.74) is 10.9. The smallest absolute Gasteiger partial charge is 0.159 e. The fourth-order valence-corrected chi connectivity index (χ4v) is 4.56. The van der Waals surface area contributed by atoms with E-state index in [4.69, 9.17) is 27.3 Å². The van der Waals surface area contributed by atoms with Gasteiger partial charge in [-0.3, -0.25) is 0 Å². The maximum atomic E-state index is 6.65. The molecule has 0 saturated heterocycles. The van der Waals surface area contributed by atoms with Crippen molar-refractivity contribution in [1.29, 1.82) is 0 Å². The highest BCUT2D eigenvalue weighted by Crippen LogP contribution is 2.36. The first kappa shape index (κ1) is 18.3. The van der Waals surface area contributed by atoms with E-state index in [1.54, 1.807) is 7.05 Å². The number of aromatic nitrogens is 6. The molecule has 1 saturated carbocycles. The number of nitrogens with one attached hydrogen (secondary N) is 1. The third kappa shape index (κ3) is 3.12. The third-order valence-electron chi connectivity index (χ3n) is 5.85. The SMILES string of the molecule is CN(c1cnc2c(-c3ccc4nn(C)nc4c3Cl)c[nH]c2n1)[C@@H]1CCC[C@@H](N)C1. The number of aromatic amines is 1. The number of hydrogen-bond donors (Lipinski definition) is 2. The standard InChI is InChI=1S/C20H23ClN8/c1-28(12-5-3-4-11(22)8-12)16-10-23-18-14(9-24-20(18)25-16)13-6-7-15-19(17(13)21)27-29(2)26-15/h6-7,9-12H,3-5,8,22H2,1-2H3,(H,24,25)/t11-,12-/m1/s1. The number of benzene rings is 1. The zero-order valence-electron chi connectivity index (χ0n) is 16.4. The summed E-state index contributed by atoms with van der Waals surface area (Å²) in [7, 11) is 3.85. The van der Waals surface area contributed by atoms with Gasteiger partial charge in [-0.2, -0.15) is 15.0 Å². The van der Waals surface area contributed by atoms with Crippen LogP contribution >= 0.6 is 11.6 Å². The average molecular weight is 411 g/mol. The van der Waals surface area contributed by atoms with Crippen LogP contribution < -0.4 is 10.6 Å². The normalized spacial score (nSPS) is 19.9. The van der Waals surface area contributed by atoms with E-state index >= 15 is 0 Å². The van der Waals surface area contributed by atoms with Crippen molar-refractivity contribution in [2.24, 2.45) is 12.8 Å². The number of fused-ring (bicyclic) bond motifs is 2. The van der Waals surface area contributed by atoms with Crippen molar-refractivity contribution in [2.75, 3.05) is 11.9 Å². The lowest BCUT2D eigenvalue weighted by molar-refractivity contribution is 0.381. The van der Waals surface area contributed by atoms with Gasteiger partial charge < -0.3 is 15.6 Å². The van der Waals surface area contributed by atoms with Gasteiger partial charge in [0.1, 0.15) is 22.4 Å². The summed E-state index contributed by atoms with van der Waals surface area (Å²) < 4.78 is 0. The number of hydrogen-bond acceptors (Lipinski definition) is 6. The first-order valence-corrected chi connectivity index (χ1v) is 10.2. The fraction of sp³-hybridized carbons (Fsp3) is 0.400. The van der Waals surface area contributed by atoms with Crippen LogP contribution in [0, 0.1) is 0 Å². The molecule has 0 bridgehead atoms. The van der Waals surface area contributed by atoms with E-state index in [0.29, 0.717) is 16.6 Å². The van der Waals surface area contributed by atoms with E-state index in [1.807, 2.05) is 24.5 Å². The molecule has 0 spiro atoms. The Labute approximate surface area is 173 Å². The minimum absolute atomic E-state index is 0.267. The lowest BCUT2D eigenvalue weighted by Gasteiger charge is -2.34. The molecule has 0 unspecified atom stereocenters. The summed E-state index contributed by atoms with van der Waals surface area (Å²) >= 11 is 6.65. The van der Waals surface area contributed by atoms with Crippen LogP contribution in [0.25, 0.3) is 33.3 Å². The van der Waals surface area contributed by atoms with E-state index in [9.17, 15) is 0 Å². The predicted octanol–water partition coefficient (Wildman–Crippen LogP) is 3.27. The molecule has 3 aromatic heterocycles. The molecular formula is C20H23ClN8. The fourth-order valence-electron chi connectivity index (χ4n) is 4.26. The number of aryl methyl sites for hydroxylation is 1. The molecule has 1 aromatic carbocycles. The number of nitrogens with two attached hydrogens (primary N) is 1. The van der Waals surface area contributed by atoms with Gasteiger partial charge in [-0.15, -0.1) is 0 Å². The molecule has 9 heteroatoms. The molecule has 8 nitrogen and oxygen atoms in total. The molecule has 1 aliphatic rings. The monoisotopic (exact) mass is 410 g/mol. The van der Waals surface area contributed by atoms with Crippen LogP contribution in [-0.4, -0.2) is 49.1 Å². The summed E-state index contributed by atoms with van der Waals surface area (Å²) in [6.07, 6.45) is 8.10. The molecule has 150 valence electrons. The summed E-state index contributed by atoms with van der Waals surface area (Å²) in [4.78, 5) is 16.5. The van der Waals surface area contributed by atoms with Crippen LogP contribution in [0.15, 0.2) is 24.5 Å². The van der Waals surface area contributed by atoms with Crippen molar-refractivity contribution >= 4 is 39.6 Å². The second-order valence-corrected chi connectivity index (χ2v) is 8.18. The Morgan fingerprint density at radius 3 is 2.90 bits per heavy atom. The number of H-pyrrole nitrogens is 1. The minimum atomic E-state index is 0.267. The van der Waals surface area contributed by atoms with Gasteiger partial charge in [-0.1, -0.05) is 17.7 Å². The Kier molecular flexibility index (Phi) is 4.40. The van der Waals surface area contributed by atoms with Gasteiger partial charge in [0.2, 0.25) is 0 Å². The van der Waals surface area contributed by atoms with Crippen molar-refractivity contribution in [3.63, 3.8) is 0 Å². The summed E-state index contributed by atoms with van der Waals surface area (Å²) in [6, 6.07) is 4.54. The lowest BCUT2D eigenvalue weighted by atomic mass is 9.91. The molecule has 5 rings (SSSR count). The van der Waals surface area contributed by atoms with Gasteiger partial charge in [-0.05, 0) is 31.7 Å². The van der Waals surface area contributed by atoms with Crippen molar-refractivity contribution < 1.29 is 0 Å². The van der Waals surface area contributed by atoms with Crippen LogP contribution in [0.1, 0.15) is 25.7 Å². The van der Waals surface area contributed by atoms with Gasteiger partial charge in [-0.25, -0.2) is 9.97 Å². The minimum Gasteiger partial charge on any atom is -0.355 e. The van der Waals surface area contributed by atoms with Crippen molar-refractivity contribution in [3.05, 3.63) is 29.5 Å². The predicted molar refractivity (Wildman–Crippen MR) is 115 cm³/mol. The van der Waals surface area contributed by atoms with Crippen molar-refractivity contribution in [3.8, 4) is 11.1 Å². The molecule has 3 N–H and O–H groups in total. The third-order valence-corrected chi connectivity index (χ3v) is 6.23. The molecule has 2 atom stereocenters. The van der Waals surface area contributed by atoms with Gasteiger partial charge in [0.05, 0.1) is 11.2 Å². The lowest BCUT2D eigenvalue weighted by Crippen LogP contribution is -2.41. The largest absolute Gasteiger partial charge is 0.355 e. The highest BCUT2D eigenvalue weighted by atomic mass is 35.5. The average Bonchev–Trinajstić information content (AvgIpc) is 3.30. The molecule has 0 aliphatic heterocycles. The Morgan fingerprint density at radius 1 is 1.21 bits per heavy atom. The Bertz CT molecular complexity index is 1200. The number of rotatable bonds is 3. The van der Waals surface area contributed by atoms with Gasteiger partial charge >= 0.3 is 0 Å². The number of anilines is 1. The number of nitrogens with zero attached hydrogens (tertiary/aromatic N) is 6. The first-order valence-electron chi connectivity index (χ1n) is 9.83. The van der Waals surface area contributed by atoms with Crippen LogP contribution in [0.4, 0.5) is 5.82 Å². The van der Waals surface area contributed by atoms with Crippen LogP contribution in [0.5, 0.6) is 0 Å². The summed E-state index contributed by atoms with van der Waals surface area (Å²) in [5, 5.41) is 9.24. The second kappa shape index (κ2) is 6.96. The van der Waals surface area contributed by atoms with Crippen LogP contribution in [-0.2, 0) is 7.05 Å². The maximum absolute atomic E-state index is 6.65. The molecular weight excluding hydrogens is 388 g/mol. The Balaban J connectivity index is 1.52. The van der Waals surface area contributed by atoms with Crippen LogP contribution in [0.2, 0.25) is 5.02 Å². The van der Waals surface area contributed by atoms with Gasteiger partial charge in [0, 0.05) is 43.5 Å². The van der Waals surface area contributed by atoms with E-state index < -0.39 is 0 Å². The highest BCUT2D eigenvalue weighted by molar-refractivity contribution is 6.38. The molecule has 29 heavy (non-hydrogen) atoms. The molecule has 0 amide bonds.